The van der Waals surface area contributed by atoms with Crippen LogP contribution in [0.15, 0.2) is 71.8 Å². The summed E-state index contributed by atoms with van der Waals surface area (Å²) in [7, 11) is 3.12. The molecule has 0 radical (unpaired) electrons. The third-order valence-corrected chi connectivity index (χ3v) is 4.72. The lowest BCUT2D eigenvalue weighted by atomic mass is 10.1. The fraction of sp³-hybridized carbons (Fsp3) is 0.231. The third-order valence-electron chi connectivity index (χ3n) is 4.72. The highest BCUT2D eigenvalue weighted by molar-refractivity contribution is 5.84. The summed E-state index contributed by atoms with van der Waals surface area (Å²) in [5.41, 5.74) is 5.18. The van der Waals surface area contributed by atoms with Crippen molar-refractivity contribution in [1.29, 1.82) is 0 Å². The summed E-state index contributed by atoms with van der Waals surface area (Å²) in [5, 5.41) is 4.06. The molecule has 1 N–H and O–H groups in total. The van der Waals surface area contributed by atoms with E-state index < -0.39 is 0 Å². The van der Waals surface area contributed by atoms with E-state index in [1.54, 1.807) is 32.6 Å². The average Bonchev–Trinajstić information content (AvgIpc) is 2.84. The van der Waals surface area contributed by atoms with Crippen LogP contribution in [0.4, 0.5) is 0 Å². The SMILES string of the molecule is CCOc1cc(/C=N/NC(=O)Cc2ccc(OC)c(OC)c2)ccc1OCc1ccccc1. The van der Waals surface area contributed by atoms with Crippen molar-refractivity contribution in [2.75, 3.05) is 20.8 Å². The van der Waals surface area contributed by atoms with E-state index >= 15 is 0 Å². The van der Waals surface area contributed by atoms with Crippen LogP contribution in [0, 0.1) is 0 Å². The van der Waals surface area contributed by atoms with Crippen molar-refractivity contribution in [3.63, 3.8) is 0 Å². The van der Waals surface area contributed by atoms with Gasteiger partial charge in [0, 0.05) is 0 Å². The van der Waals surface area contributed by atoms with Gasteiger partial charge < -0.3 is 18.9 Å². The number of carbonyl (C=O) groups is 1. The number of hydrogen-bond acceptors (Lipinski definition) is 6. The molecule has 3 rings (SSSR count). The van der Waals surface area contributed by atoms with Crippen molar-refractivity contribution < 1.29 is 23.7 Å². The Morgan fingerprint density at radius 3 is 2.33 bits per heavy atom. The third kappa shape index (κ3) is 7.00. The first kappa shape index (κ1) is 23.7. The van der Waals surface area contributed by atoms with Crippen molar-refractivity contribution in [3.8, 4) is 23.0 Å². The summed E-state index contributed by atoms with van der Waals surface area (Å²) in [6, 6.07) is 20.8. The van der Waals surface area contributed by atoms with Gasteiger partial charge in [-0.2, -0.15) is 5.10 Å². The Bertz CT molecular complexity index is 1080. The molecule has 0 aliphatic rings. The van der Waals surface area contributed by atoms with Crippen LogP contribution < -0.4 is 24.4 Å². The smallest absolute Gasteiger partial charge is 0.244 e. The summed E-state index contributed by atoms with van der Waals surface area (Å²) in [5.74, 6) is 2.21. The van der Waals surface area contributed by atoms with Crippen LogP contribution in [0.25, 0.3) is 0 Å². The van der Waals surface area contributed by atoms with Crippen molar-refractivity contribution in [3.05, 3.63) is 83.4 Å². The number of nitrogens with zero attached hydrogens (tertiary/aromatic N) is 1. The Kier molecular flexibility index (Phi) is 8.71. The molecule has 0 bridgehead atoms. The molecule has 0 heterocycles. The van der Waals surface area contributed by atoms with Crippen molar-refractivity contribution in [1.82, 2.24) is 5.43 Å². The van der Waals surface area contributed by atoms with E-state index in [1.165, 1.54) is 0 Å². The molecule has 0 aliphatic carbocycles. The normalized spacial score (nSPS) is 10.6. The number of nitrogens with one attached hydrogen (secondary N) is 1. The number of hydrogen-bond donors (Lipinski definition) is 1. The predicted molar refractivity (Wildman–Crippen MR) is 127 cm³/mol. The number of carbonyl (C=O) groups excluding carboxylic acids is 1. The van der Waals surface area contributed by atoms with Crippen molar-refractivity contribution in [2.24, 2.45) is 5.10 Å². The molecule has 7 heteroatoms. The number of methoxy groups -OCH3 is 2. The molecule has 0 aliphatic heterocycles. The van der Waals surface area contributed by atoms with Gasteiger partial charge in [-0.1, -0.05) is 36.4 Å². The fourth-order valence-electron chi connectivity index (χ4n) is 3.12. The number of hydrazone groups is 1. The van der Waals surface area contributed by atoms with Gasteiger partial charge in [-0.15, -0.1) is 0 Å². The minimum Gasteiger partial charge on any atom is -0.493 e. The van der Waals surface area contributed by atoms with Crippen molar-refractivity contribution in [2.45, 2.75) is 20.0 Å². The van der Waals surface area contributed by atoms with Gasteiger partial charge >= 0.3 is 0 Å². The first-order valence-electron chi connectivity index (χ1n) is 10.6. The Morgan fingerprint density at radius 2 is 1.61 bits per heavy atom. The van der Waals surface area contributed by atoms with Crippen LogP contribution in [-0.4, -0.2) is 32.9 Å². The highest BCUT2D eigenvalue weighted by Crippen LogP contribution is 2.29. The zero-order valence-electron chi connectivity index (χ0n) is 19.0. The molecule has 3 aromatic rings. The average molecular weight is 449 g/mol. The number of amides is 1. The lowest BCUT2D eigenvalue weighted by molar-refractivity contribution is -0.120. The maximum absolute atomic E-state index is 12.3. The second-order valence-electron chi connectivity index (χ2n) is 7.07. The molecule has 0 spiro atoms. The lowest BCUT2D eigenvalue weighted by Crippen LogP contribution is -2.19. The molecule has 3 aromatic carbocycles. The minimum atomic E-state index is -0.244. The van der Waals surface area contributed by atoms with Crippen LogP contribution in [0.2, 0.25) is 0 Å². The van der Waals surface area contributed by atoms with Crippen molar-refractivity contribution >= 4 is 12.1 Å². The van der Waals surface area contributed by atoms with Gasteiger partial charge in [-0.25, -0.2) is 5.43 Å². The Labute approximate surface area is 193 Å². The van der Waals surface area contributed by atoms with Crippen LogP contribution in [-0.2, 0) is 17.8 Å². The van der Waals surface area contributed by atoms with Crippen LogP contribution in [0.3, 0.4) is 0 Å². The van der Waals surface area contributed by atoms with Gasteiger partial charge in [-0.05, 0) is 53.9 Å². The van der Waals surface area contributed by atoms with E-state index in [0.29, 0.717) is 36.2 Å². The van der Waals surface area contributed by atoms with E-state index in [2.05, 4.69) is 10.5 Å². The van der Waals surface area contributed by atoms with E-state index in [0.717, 1.165) is 16.7 Å². The quantitative estimate of drug-likeness (QED) is 0.348. The minimum absolute atomic E-state index is 0.161. The summed E-state index contributed by atoms with van der Waals surface area (Å²) < 4.78 is 22.1. The van der Waals surface area contributed by atoms with Crippen LogP contribution >= 0.6 is 0 Å². The zero-order chi connectivity index (χ0) is 23.5. The van der Waals surface area contributed by atoms with E-state index in [9.17, 15) is 4.79 Å². The fourth-order valence-corrected chi connectivity index (χ4v) is 3.12. The van der Waals surface area contributed by atoms with Gasteiger partial charge in [-0.3, -0.25) is 4.79 Å². The summed E-state index contributed by atoms with van der Waals surface area (Å²) in [6.07, 6.45) is 1.73. The molecule has 0 fully saturated rings. The topological polar surface area (TPSA) is 78.4 Å². The van der Waals surface area contributed by atoms with Gasteiger partial charge in [0.15, 0.2) is 23.0 Å². The molecule has 7 nitrogen and oxygen atoms in total. The monoisotopic (exact) mass is 448 g/mol. The molecular formula is C26H28N2O5. The van der Waals surface area contributed by atoms with Gasteiger partial charge in [0.25, 0.3) is 0 Å². The number of rotatable bonds is 11. The largest absolute Gasteiger partial charge is 0.493 e. The van der Waals surface area contributed by atoms with Crippen LogP contribution in [0.5, 0.6) is 23.0 Å². The Hall–Kier alpha value is -4.00. The number of benzene rings is 3. The summed E-state index contributed by atoms with van der Waals surface area (Å²) >= 11 is 0. The maximum Gasteiger partial charge on any atom is 0.244 e. The molecule has 0 atom stereocenters. The van der Waals surface area contributed by atoms with Gasteiger partial charge in [0.2, 0.25) is 5.91 Å². The van der Waals surface area contributed by atoms with E-state index in [-0.39, 0.29) is 12.3 Å². The highest BCUT2D eigenvalue weighted by atomic mass is 16.5. The highest BCUT2D eigenvalue weighted by Gasteiger charge is 2.09. The lowest BCUT2D eigenvalue weighted by Gasteiger charge is -2.12. The van der Waals surface area contributed by atoms with E-state index in [1.807, 2.05) is 61.5 Å². The first-order chi connectivity index (χ1) is 16.1. The summed E-state index contributed by atoms with van der Waals surface area (Å²) in [4.78, 5) is 12.3. The molecule has 0 aromatic heterocycles. The maximum atomic E-state index is 12.3. The zero-order valence-corrected chi connectivity index (χ0v) is 19.0. The molecule has 172 valence electrons. The van der Waals surface area contributed by atoms with Gasteiger partial charge in [0.1, 0.15) is 6.61 Å². The summed E-state index contributed by atoms with van der Waals surface area (Å²) in [6.45, 7) is 2.86. The predicted octanol–water partition coefficient (Wildman–Crippen LogP) is 4.37. The molecular weight excluding hydrogens is 420 g/mol. The number of ether oxygens (including phenoxy) is 4. The Morgan fingerprint density at radius 1 is 0.848 bits per heavy atom. The van der Waals surface area contributed by atoms with Gasteiger partial charge in [0.05, 0.1) is 33.5 Å². The van der Waals surface area contributed by atoms with Crippen LogP contribution in [0.1, 0.15) is 23.6 Å². The molecule has 33 heavy (non-hydrogen) atoms. The standard InChI is InChI=1S/C26H28N2O5/c1-4-32-25-15-21(11-13-23(25)33-18-19-8-6-5-7-9-19)17-27-28-26(29)16-20-10-12-22(30-2)24(14-20)31-3/h5-15,17H,4,16,18H2,1-3H3,(H,28,29)/b27-17+. The van der Waals surface area contributed by atoms with E-state index in [4.69, 9.17) is 18.9 Å². The first-order valence-corrected chi connectivity index (χ1v) is 10.6. The second kappa shape index (κ2) is 12.1. The molecule has 0 unspecified atom stereocenters. The second-order valence-corrected chi connectivity index (χ2v) is 7.07. The molecule has 1 amide bonds. The Balaban J connectivity index is 1.59. The molecule has 0 saturated heterocycles. The molecule has 0 saturated carbocycles.